The van der Waals surface area contributed by atoms with E-state index in [9.17, 15) is 4.39 Å². The lowest BCUT2D eigenvalue weighted by atomic mass is 10.0. The molecule has 1 fully saturated rings. The summed E-state index contributed by atoms with van der Waals surface area (Å²) in [5.41, 5.74) is 7.90. The number of hydrogen-bond donors (Lipinski definition) is 4. The molecule has 7 nitrogen and oxygen atoms in total. The Kier molecular flexibility index (Phi) is 6.81. The number of piperidine rings is 1. The highest BCUT2D eigenvalue weighted by molar-refractivity contribution is 6.18. The van der Waals surface area contributed by atoms with Gasteiger partial charge in [0, 0.05) is 18.8 Å². The van der Waals surface area contributed by atoms with E-state index >= 15 is 0 Å². The van der Waals surface area contributed by atoms with Gasteiger partial charge in [0.05, 0.1) is 5.69 Å². The quantitative estimate of drug-likeness (QED) is 0.562. The van der Waals surface area contributed by atoms with E-state index in [1.54, 1.807) is 18.2 Å². The monoisotopic (exact) mass is 433 g/mol. The fraction of sp³-hybridized carbons (Fsp3) is 0.250. The Morgan fingerprint density at radius 1 is 1.19 bits per heavy atom. The smallest absolute Gasteiger partial charge is 0.210 e. The molecule has 0 spiro atoms. The lowest BCUT2D eigenvalue weighted by Gasteiger charge is -2.34. The maximum Gasteiger partial charge on any atom is 0.210 e. The van der Waals surface area contributed by atoms with Gasteiger partial charge in [-0.05, 0) is 43.6 Å². The molecule has 4 rings (SSSR count). The van der Waals surface area contributed by atoms with Crippen molar-refractivity contribution in [1.29, 1.82) is 0 Å². The first-order chi connectivity index (χ1) is 15.7. The van der Waals surface area contributed by atoms with Crippen molar-refractivity contribution in [2.24, 2.45) is 15.7 Å². The van der Waals surface area contributed by atoms with Gasteiger partial charge in [0.25, 0.3) is 0 Å². The minimum absolute atomic E-state index is 0.146. The molecule has 8 heteroatoms. The zero-order valence-corrected chi connectivity index (χ0v) is 17.9. The second-order valence-electron chi connectivity index (χ2n) is 7.66. The molecule has 32 heavy (non-hydrogen) atoms. The molecule has 0 bridgehead atoms. The number of amidine groups is 1. The molecule has 2 aromatic rings. The summed E-state index contributed by atoms with van der Waals surface area (Å²) >= 11 is 0. The number of anilines is 1. The normalized spacial score (nSPS) is 19.3. The van der Waals surface area contributed by atoms with Gasteiger partial charge in [-0.3, -0.25) is 4.90 Å². The Balaban J connectivity index is 1.59. The van der Waals surface area contributed by atoms with Crippen molar-refractivity contribution < 1.29 is 4.39 Å². The van der Waals surface area contributed by atoms with Gasteiger partial charge in [0.2, 0.25) is 5.96 Å². The van der Waals surface area contributed by atoms with Crippen molar-refractivity contribution in [3.63, 3.8) is 0 Å². The molecule has 2 aliphatic rings. The molecule has 0 unspecified atom stereocenters. The van der Waals surface area contributed by atoms with Crippen molar-refractivity contribution in [2.45, 2.75) is 25.4 Å². The second kappa shape index (κ2) is 10.1. The van der Waals surface area contributed by atoms with E-state index < -0.39 is 0 Å². The molecule has 0 radical (unpaired) electrons. The van der Waals surface area contributed by atoms with Gasteiger partial charge in [0.15, 0.2) is 5.84 Å². The molecular weight excluding hydrogens is 405 g/mol. The third kappa shape index (κ3) is 4.97. The van der Waals surface area contributed by atoms with Crippen LogP contribution in [0.2, 0.25) is 0 Å². The average molecular weight is 434 g/mol. The predicted molar refractivity (Wildman–Crippen MR) is 127 cm³/mol. The predicted octanol–water partition coefficient (Wildman–Crippen LogP) is 3.12. The van der Waals surface area contributed by atoms with Crippen molar-refractivity contribution >= 4 is 17.5 Å². The van der Waals surface area contributed by atoms with Gasteiger partial charge in [-0.15, -0.1) is 0 Å². The summed E-state index contributed by atoms with van der Waals surface area (Å²) in [6.45, 7) is 6.44. The Morgan fingerprint density at radius 2 is 1.91 bits per heavy atom. The van der Waals surface area contributed by atoms with E-state index in [0.717, 1.165) is 31.5 Å². The van der Waals surface area contributed by atoms with Crippen LogP contribution in [-0.4, -0.2) is 35.8 Å². The minimum Gasteiger partial charge on any atom is -0.403 e. The Morgan fingerprint density at radius 3 is 2.62 bits per heavy atom. The van der Waals surface area contributed by atoms with Crippen LogP contribution >= 0.6 is 0 Å². The van der Waals surface area contributed by atoms with Gasteiger partial charge in [-0.1, -0.05) is 49.0 Å². The number of nitrogens with zero attached hydrogens (tertiary/aromatic N) is 3. The molecule has 0 aromatic heterocycles. The number of halogens is 1. The third-order valence-electron chi connectivity index (χ3n) is 5.44. The topological polar surface area (TPSA) is 90.1 Å². The van der Waals surface area contributed by atoms with E-state index in [2.05, 4.69) is 27.5 Å². The summed E-state index contributed by atoms with van der Waals surface area (Å²) in [5.74, 6) is 1.26. The number of hydrogen-bond acceptors (Lipinski definition) is 6. The van der Waals surface area contributed by atoms with Crippen LogP contribution in [0.1, 0.15) is 18.4 Å². The van der Waals surface area contributed by atoms with E-state index in [-0.39, 0.29) is 11.9 Å². The number of benzene rings is 2. The van der Waals surface area contributed by atoms with Gasteiger partial charge >= 0.3 is 0 Å². The summed E-state index contributed by atoms with van der Waals surface area (Å²) in [5, 5.41) is 9.76. The van der Waals surface area contributed by atoms with Gasteiger partial charge in [-0.25, -0.2) is 14.4 Å². The summed E-state index contributed by atoms with van der Waals surface area (Å²) in [4.78, 5) is 11.4. The van der Waals surface area contributed by atoms with Crippen LogP contribution in [0.5, 0.6) is 0 Å². The largest absolute Gasteiger partial charge is 0.403 e. The van der Waals surface area contributed by atoms with Crippen LogP contribution in [0, 0.1) is 5.82 Å². The third-order valence-corrected chi connectivity index (χ3v) is 5.44. The van der Waals surface area contributed by atoms with E-state index in [4.69, 9.17) is 10.7 Å². The summed E-state index contributed by atoms with van der Waals surface area (Å²) < 4.78 is 14.3. The first-order valence-corrected chi connectivity index (χ1v) is 10.7. The number of rotatable bonds is 6. The highest BCUT2D eigenvalue weighted by Crippen LogP contribution is 2.26. The van der Waals surface area contributed by atoms with Crippen molar-refractivity contribution in [3.05, 3.63) is 90.3 Å². The van der Waals surface area contributed by atoms with Crippen LogP contribution in [0.25, 0.3) is 0 Å². The molecule has 0 atom stereocenters. The fourth-order valence-corrected chi connectivity index (χ4v) is 3.81. The minimum atomic E-state index is -0.349. The number of guanidine groups is 1. The lowest BCUT2D eigenvalue weighted by Crippen LogP contribution is -2.49. The Hall–Kier alpha value is -3.65. The number of para-hydroxylation sites is 1. The average Bonchev–Trinajstić information content (AvgIpc) is 3.17. The van der Waals surface area contributed by atoms with E-state index in [0.29, 0.717) is 35.5 Å². The van der Waals surface area contributed by atoms with Crippen molar-refractivity contribution in [1.82, 2.24) is 15.5 Å². The fourth-order valence-electron chi connectivity index (χ4n) is 3.81. The molecule has 2 aromatic carbocycles. The second-order valence-corrected chi connectivity index (χ2v) is 7.66. The number of aliphatic imine (C=N–C) groups is 2. The first kappa shape index (κ1) is 21.6. The SMILES string of the molecule is C=C(/N=C1\C(=C/N)N=C(Nc2ccccc2F)N1C1CCNCC1)NCc1ccccc1. The summed E-state index contributed by atoms with van der Waals surface area (Å²) in [6, 6.07) is 16.7. The maximum atomic E-state index is 14.3. The van der Waals surface area contributed by atoms with Crippen molar-refractivity contribution in [3.8, 4) is 0 Å². The molecule has 166 valence electrons. The van der Waals surface area contributed by atoms with Crippen LogP contribution < -0.4 is 21.7 Å². The summed E-state index contributed by atoms with van der Waals surface area (Å²) in [6.07, 6.45) is 3.23. The standard InChI is InChI=1S/C24H28FN7/c1-17(28-16-18-7-3-2-4-8-18)29-23-22(15-26)31-24(30-21-10-6-5-9-20(21)25)32(23)19-11-13-27-14-12-19/h2-10,15,19,27-28H,1,11-14,16,26H2,(H,30,31)/b22-15+,29-23+. The van der Waals surface area contributed by atoms with Crippen LogP contribution in [0.4, 0.5) is 10.1 Å². The molecular formula is C24H28FN7. The van der Waals surface area contributed by atoms with Gasteiger partial charge in [-0.2, -0.15) is 0 Å². The van der Waals surface area contributed by atoms with Crippen molar-refractivity contribution in [2.75, 3.05) is 18.4 Å². The van der Waals surface area contributed by atoms with Crippen LogP contribution in [-0.2, 0) is 6.54 Å². The molecule has 0 aliphatic carbocycles. The Bertz CT molecular complexity index is 1040. The zero-order valence-electron chi connectivity index (χ0n) is 17.9. The Labute approximate surface area is 187 Å². The highest BCUT2D eigenvalue weighted by Gasteiger charge is 2.35. The molecule has 0 saturated carbocycles. The molecule has 5 N–H and O–H groups in total. The molecule has 1 saturated heterocycles. The number of nitrogens with one attached hydrogen (secondary N) is 3. The van der Waals surface area contributed by atoms with Gasteiger partial charge in [0.1, 0.15) is 17.3 Å². The zero-order chi connectivity index (χ0) is 22.3. The number of nitrogens with two attached hydrogens (primary N) is 1. The maximum absolute atomic E-state index is 14.3. The van der Waals surface area contributed by atoms with Gasteiger partial charge < -0.3 is 21.7 Å². The summed E-state index contributed by atoms with van der Waals surface area (Å²) in [7, 11) is 0. The van der Waals surface area contributed by atoms with E-state index in [1.165, 1.54) is 12.3 Å². The van der Waals surface area contributed by atoms with Crippen LogP contribution in [0.3, 0.4) is 0 Å². The lowest BCUT2D eigenvalue weighted by molar-refractivity contribution is 0.336. The molecule has 2 aliphatic heterocycles. The van der Waals surface area contributed by atoms with E-state index in [1.807, 2.05) is 35.2 Å². The first-order valence-electron chi connectivity index (χ1n) is 10.7. The molecule has 2 heterocycles. The van der Waals surface area contributed by atoms with Crippen LogP contribution in [0.15, 0.2) is 88.9 Å². The highest BCUT2D eigenvalue weighted by atomic mass is 19.1. The molecule has 0 amide bonds.